The van der Waals surface area contributed by atoms with Crippen molar-refractivity contribution < 1.29 is 14.9 Å². The van der Waals surface area contributed by atoms with Gasteiger partial charge in [0.05, 0.1) is 0 Å². The second-order valence-corrected chi connectivity index (χ2v) is 2.90. The van der Waals surface area contributed by atoms with Crippen LogP contribution in [0.25, 0.3) is 0 Å². The predicted octanol–water partition coefficient (Wildman–Crippen LogP) is 2.72. The molecule has 0 bridgehead atoms. The van der Waals surface area contributed by atoms with Gasteiger partial charge in [0.1, 0.15) is 0 Å². The molecule has 0 atom stereocenters. The number of phenols is 1. The summed E-state index contributed by atoms with van der Waals surface area (Å²) in [6.45, 7) is 0. The zero-order valence-corrected chi connectivity index (χ0v) is 7.75. The molecule has 0 aliphatic rings. The summed E-state index contributed by atoms with van der Waals surface area (Å²) in [5, 5.41) is 20.3. The molecule has 2 aromatic rings. The Morgan fingerprint density at radius 1 is 1.20 bits per heavy atom. The van der Waals surface area contributed by atoms with E-state index in [-0.39, 0.29) is 17.2 Å². The molecular formula is C11H8NO3. The summed E-state index contributed by atoms with van der Waals surface area (Å²) in [5.74, 6) is 0.133. The standard InChI is InChI=1S/C11H8NO3/c13-8-4-5-10(9(14)7-8)15-11-3-1-2-6-12-11/h1-7,14H. The van der Waals surface area contributed by atoms with Crippen molar-refractivity contribution in [2.45, 2.75) is 0 Å². The normalized spacial score (nSPS) is 9.87. The molecule has 0 saturated carbocycles. The van der Waals surface area contributed by atoms with Gasteiger partial charge in [-0.15, -0.1) is 0 Å². The molecule has 0 saturated heterocycles. The molecule has 15 heavy (non-hydrogen) atoms. The number of ether oxygens (including phenoxy) is 1. The van der Waals surface area contributed by atoms with Crippen LogP contribution in [0.5, 0.6) is 23.1 Å². The minimum absolute atomic E-state index is 0.187. The maximum atomic E-state index is 10.9. The second kappa shape index (κ2) is 3.88. The Bertz CT molecular complexity index is 457. The molecule has 1 heterocycles. The van der Waals surface area contributed by atoms with Crippen LogP contribution in [0.2, 0.25) is 0 Å². The molecule has 0 spiro atoms. The molecule has 0 aliphatic carbocycles. The Balaban J connectivity index is 2.25. The van der Waals surface area contributed by atoms with E-state index in [1.165, 1.54) is 12.1 Å². The van der Waals surface area contributed by atoms with Crippen molar-refractivity contribution in [1.82, 2.24) is 4.98 Å². The van der Waals surface area contributed by atoms with E-state index in [4.69, 9.17) is 4.74 Å². The molecule has 0 unspecified atom stereocenters. The Labute approximate surface area is 86.4 Å². The number of aromatic nitrogens is 1. The lowest BCUT2D eigenvalue weighted by molar-refractivity contribution is 0.346. The van der Waals surface area contributed by atoms with Crippen molar-refractivity contribution in [3.63, 3.8) is 0 Å². The van der Waals surface area contributed by atoms with Crippen LogP contribution in [0.1, 0.15) is 0 Å². The van der Waals surface area contributed by atoms with Gasteiger partial charge in [0.15, 0.2) is 17.2 Å². The third-order valence-electron chi connectivity index (χ3n) is 1.78. The predicted molar refractivity (Wildman–Crippen MR) is 52.6 cm³/mol. The first-order valence-corrected chi connectivity index (χ1v) is 4.34. The molecule has 1 radical (unpaired) electrons. The number of hydrogen-bond acceptors (Lipinski definition) is 3. The van der Waals surface area contributed by atoms with Crippen molar-refractivity contribution in [3.8, 4) is 23.1 Å². The Kier molecular flexibility index (Phi) is 2.41. The first kappa shape index (κ1) is 9.33. The SMILES string of the molecule is [O]c1ccc(Oc2ccccn2)c(O)c1. The molecule has 0 fully saturated rings. The van der Waals surface area contributed by atoms with Gasteiger partial charge in [0.2, 0.25) is 5.88 Å². The van der Waals surface area contributed by atoms with Crippen molar-refractivity contribution in [3.05, 3.63) is 42.6 Å². The van der Waals surface area contributed by atoms with Gasteiger partial charge >= 0.3 is 0 Å². The minimum Gasteiger partial charge on any atom is -0.504 e. The Hall–Kier alpha value is -2.23. The summed E-state index contributed by atoms with van der Waals surface area (Å²) in [6.07, 6.45) is 1.58. The quantitative estimate of drug-likeness (QED) is 0.814. The van der Waals surface area contributed by atoms with E-state index in [2.05, 4.69) is 4.98 Å². The molecular weight excluding hydrogens is 194 g/mol. The molecule has 1 aromatic carbocycles. The van der Waals surface area contributed by atoms with E-state index < -0.39 is 0 Å². The topological polar surface area (TPSA) is 62.2 Å². The highest BCUT2D eigenvalue weighted by Crippen LogP contribution is 2.32. The van der Waals surface area contributed by atoms with Crippen LogP contribution in [-0.2, 0) is 5.11 Å². The third-order valence-corrected chi connectivity index (χ3v) is 1.78. The molecule has 0 aliphatic heterocycles. The summed E-state index contributed by atoms with van der Waals surface area (Å²) < 4.78 is 5.26. The van der Waals surface area contributed by atoms with Crippen LogP contribution < -0.4 is 4.74 Å². The number of pyridine rings is 1. The maximum absolute atomic E-state index is 10.9. The highest BCUT2D eigenvalue weighted by Gasteiger charge is 2.05. The summed E-state index contributed by atoms with van der Waals surface area (Å²) in [4.78, 5) is 3.93. The van der Waals surface area contributed by atoms with Crippen molar-refractivity contribution in [2.24, 2.45) is 0 Å². The Morgan fingerprint density at radius 2 is 2.07 bits per heavy atom. The average Bonchev–Trinajstić information content (AvgIpc) is 2.24. The smallest absolute Gasteiger partial charge is 0.219 e. The molecule has 75 valence electrons. The van der Waals surface area contributed by atoms with Gasteiger partial charge in [0, 0.05) is 18.3 Å². The van der Waals surface area contributed by atoms with Gasteiger partial charge in [-0.25, -0.2) is 4.98 Å². The number of rotatable bonds is 2. The van der Waals surface area contributed by atoms with E-state index in [9.17, 15) is 10.2 Å². The van der Waals surface area contributed by atoms with Crippen molar-refractivity contribution in [2.75, 3.05) is 0 Å². The number of nitrogens with zero attached hydrogens (tertiary/aromatic N) is 1. The minimum atomic E-state index is -0.263. The average molecular weight is 202 g/mol. The first-order chi connectivity index (χ1) is 7.25. The zero-order chi connectivity index (χ0) is 10.7. The lowest BCUT2D eigenvalue weighted by Gasteiger charge is -2.05. The van der Waals surface area contributed by atoms with E-state index in [0.717, 1.165) is 6.07 Å². The molecule has 1 N–H and O–H groups in total. The van der Waals surface area contributed by atoms with Gasteiger partial charge in [-0.3, -0.25) is 5.11 Å². The molecule has 0 amide bonds. The van der Waals surface area contributed by atoms with Crippen LogP contribution in [0.3, 0.4) is 0 Å². The number of aromatic hydroxyl groups is 1. The van der Waals surface area contributed by atoms with E-state index in [1.54, 1.807) is 24.4 Å². The lowest BCUT2D eigenvalue weighted by Crippen LogP contribution is -1.86. The largest absolute Gasteiger partial charge is 0.504 e. The summed E-state index contributed by atoms with van der Waals surface area (Å²) >= 11 is 0. The van der Waals surface area contributed by atoms with E-state index in [1.807, 2.05) is 0 Å². The first-order valence-electron chi connectivity index (χ1n) is 4.34. The monoisotopic (exact) mass is 202 g/mol. The summed E-state index contributed by atoms with van der Waals surface area (Å²) in [5.41, 5.74) is 0. The van der Waals surface area contributed by atoms with Crippen LogP contribution >= 0.6 is 0 Å². The highest BCUT2D eigenvalue weighted by molar-refractivity contribution is 5.45. The fourth-order valence-corrected chi connectivity index (χ4v) is 1.10. The molecule has 2 rings (SSSR count). The highest BCUT2D eigenvalue weighted by atomic mass is 16.5. The maximum Gasteiger partial charge on any atom is 0.219 e. The number of phenolic OH excluding ortho intramolecular Hbond substituents is 1. The van der Waals surface area contributed by atoms with Crippen LogP contribution in [0.4, 0.5) is 0 Å². The van der Waals surface area contributed by atoms with Gasteiger partial charge in [0.25, 0.3) is 0 Å². The van der Waals surface area contributed by atoms with Gasteiger partial charge < -0.3 is 9.84 Å². The molecule has 4 heteroatoms. The van der Waals surface area contributed by atoms with Crippen molar-refractivity contribution in [1.29, 1.82) is 0 Å². The summed E-state index contributed by atoms with van der Waals surface area (Å²) in [6, 6.07) is 9.00. The fraction of sp³-hybridized carbons (Fsp3) is 0. The summed E-state index contributed by atoms with van der Waals surface area (Å²) in [7, 11) is 0. The van der Waals surface area contributed by atoms with E-state index in [0.29, 0.717) is 5.88 Å². The third kappa shape index (κ3) is 2.17. The second-order valence-electron chi connectivity index (χ2n) is 2.90. The van der Waals surface area contributed by atoms with Gasteiger partial charge in [-0.1, -0.05) is 6.07 Å². The zero-order valence-electron chi connectivity index (χ0n) is 7.75. The van der Waals surface area contributed by atoms with Crippen LogP contribution in [-0.4, -0.2) is 10.1 Å². The molecule has 1 aromatic heterocycles. The number of benzene rings is 1. The van der Waals surface area contributed by atoms with Gasteiger partial charge in [-0.05, 0) is 18.2 Å². The van der Waals surface area contributed by atoms with Crippen LogP contribution in [0.15, 0.2) is 42.6 Å². The fourth-order valence-electron chi connectivity index (χ4n) is 1.10. The number of hydrogen-bond donors (Lipinski definition) is 1. The van der Waals surface area contributed by atoms with E-state index >= 15 is 0 Å². The lowest BCUT2D eigenvalue weighted by atomic mass is 10.3. The van der Waals surface area contributed by atoms with Crippen molar-refractivity contribution >= 4 is 0 Å². The molecule has 4 nitrogen and oxygen atoms in total. The Morgan fingerprint density at radius 3 is 2.73 bits per heavy atom. The van der Waals surface area contributed by atoms with Gasteiger partial charge in [-0.2, -0.15) is 0 Å². The van der Waals surface area contributed by atoms with Crippen LogP contribution in [0, 0.1) is 0 Å².